The quantitative estimate of drug-likeness (QED) is 0.919. The molecule has 5 heteroatoms. The van der Waals surface area contributed by atoms with Crippen LogP contribution in [0.4, 0.5) is 0 Å². The first-order chi connectivity index (χ1) is 9.93. The van der Waals surface area contributed by atoms with Crippen molar-refractivity contribution in [2.24, 2.45) is 0 Å². The first kappa shape index (κ1) is 15.4. The van der Waals surface area contributed by atoms with Crippen molar-refractivity contribution in [1.82, 2.24) is 19.7 Å². The summed E-state index contributed by atoms with van der Waals surface area (Å²) in [5, 5.41) is 7.28. The maximum atomic E-state index is 12.3. The summed E-state index contributed by atoms with van der Waals surface area (Å²) in [5.74, 6) is -0.0153. The molecule has 114 valence electrons. The second-order valence-corrected chi connectivity index (χ2v) is 5.59. The predicted molar refractivity (Wildman–Crippen MR) is 83.6 cm³/mol. The van der Waals surface area contributed by atoms with Gasteiger partial charge in [0, 0.05) is 30.7 Å². The molecular weight excluding hydrogens is 264 g/mol. The lowest BCUT2D eigenvalue weighted by Gasteiger charge is -2.13. The average Bonchev–Trinajstić information content (AvgIpc) is 3.00. The van der Waals surface area contributed by atoms with E-state index in [9.17, 15) is 4.79 Å². The van der Waals surface area contributed by atoms with Gasteiger partial charge in [0.2, 0.25) is 0 Å². The van der Waals surface area contributed by atoms with Crippen LogP contribution in [0.15, 0.2) is 18.5 Å². The van der Waals surface area contributed by atoms with Crippen LogP contribution < -0.4 is 5.32 Å². The number of aromatic nitrogens is 3. The molecule has 1 N–H and O–H groups in total. The molecule has 1 atom stereocenters. The van der Waals surface area contributed by atoms with Gasteiger partial charge in [-0.1, -0.05) is 0 Å². The Hall–Kier alpha value is -2.04. The predicted octanol–water partition coefficient (Wildman–Crippen LogP) is 2.62. The third-order valence-corrected chi connectivity index (χ3v) is 3.87. The van der Waals surface area contributed by atoms with E-state index in [1.165, 1.54) is 0 Å². The molecule has 0 radical (unpaired) electrons. The maximum absolute atomic E-state index is 12.3. The molecule has 0 bridgehead atoms. The lowest BCUT2D eigenvalue weighted by molar-refractivity contribution is 0.0947. The molecular formula is C16H24N4O. The number of carbonyl (C=O) groups is 1. The first-order valence-electron chi connectivity index (χ1n) is 7.39. The number of nitrogens with zero attached hydrogens (tertiary/aromatic N) is 3. The molecule has 0 spiro atoms. The van der Waals surface area contributed by atoms with Crippen molar-refractivity contribution in [3.8, 4) is 0 Å². The van der Waals surface area contributed by atoms with Crippen LogP contribution in [0.2, 0.25) is 0 Å². The number of rotatable bonds is 5. The zero-order chi connectivity index (χ0) is 15.6. The van der Waals surface area contributed by atoms with Crippen molar-refractivity contribution in [3.05, 3.63) is 41.0 Å². The van der Waals surface area contributed by atoms with Gasteiger partial charge in [0.1, 0.15) is 0 Å². The summed E-state index contributed by atoms with van der Waals surface area (Å²) in [6.07, 6.45) is 3.81. The van der Waals surface area contributed by atoms with Crippen LogP contribution in [-0.2, 0) is 6.54 Å². The van der Waals surface area contributed by atoms with Crippen LogP contribution in [0.25, 0.3) is 0 Å². The van der Waals surface area contributed by atoms with Gasteiger partial charge in [0.25, 0.3) is 5.91 Å². The van der Waals surface area contributed by atoms with Gasteiger partial charge in [-0.15, -0.1) is 0 Å². The van der Waals surface area contributed by atoms with E-state index in [2.05, 4.69) is 21.9 Å². The Morgan fingerprint density at radius 3 is 2.62 bits per heavy atom. The largest absolute Gasteiger partial charge is 0.350 e. The fourth-order valence-corrected chi connectivity index (χ4v) is 2.62. The number of amides is 1. The molecule has 0 aliphatic carbocycles. The third kappa shape index (κ3) is 3.17. The summed E-state index contributed by atoms with van der Waals surface area (Å²) >= 11 is 0. The Bertz CT molecular complexity index is 639. The zero-order valence-electron chi connectivity index (χ0n) is 13.5. The minimum Gasteiger partial charge on any atom is -0.350 e. The molecule has 2 heterocycles. The molecule has 0 saturated heterocycles. The van der Waals surface area contributed by atoms with E-state index in [0.29, 0.717) is 6.54 Å². The van der Waals surface area contributed by atoms with Crippen LogP contribution in [-0.4, -0.2) is 26.8 Å². The van der Waals surface area contributed by atoms with Crippen molar-refractivity contribution in [3.63, 3.8) is 0 Å². The summed E-state index contributed by atoms with van der Waals surface area (Å²) in [6, 6.07) is 2.09. The zero-order valence-corrected chi connectivity index (χ0v) is 13.5. The molecule has 0 fully saturated rings. The molecule has 0 aromatic carbocycles. The standard InChI is InChI=1S/C16H24N4O/c1-6-19-12(3)7-15(14(19)5)16(21)17-9-13(4)20-10-11(2)8-18-20/h7-8,10,13H,6,9H2,1-5H3,(H,17,21). The lowest BCUT2D eigenvalue weighted by Crippen LogP contribution is -2.30. The van der Waals surface area contributed by atoms with Crippen molar-refractivity contribution in [2.45, 2.75) is 47.2 Å². The molecule has 0 saturated carbocycles. The summed E-state index contributed by atoms with van der Waals surface area (Å²) in [6.45, 7) is 11.6. The second kappa shape index (κ2) is 6.16. The minimum absolute atomic E-state index is 0.0153. The Kier molecular flexibility index (Phi) is 4.50. The summed E-state index contributed by atoms with van der Waals surface area (Å²) < 4.78 is 4.03. The fourth-order valence-electron chi connectivity index (χ4n) is 2.62. The molecule has 2 rings (SSSR count). The van der Waals surface area contributed by atoms with Crippen LogP contribution in [0.3, 0.4) is 0 Å². The number of nitrogens with one attached hydrogen (secondary N) is 1. The van der Waals surface area contributed by atoms with Crippen molar-refractivity contribution < 1.29 is 4.79 Å². The van der Waals surface area contributed by atoms with E-state index >= 15 is 0 Å². The summed E-state index contributed by atoms with van der Waals surface area (Å²) in [4.78, 5) is 12.3. The molecule has 0 aliphatic heterocycles. The number of aryl methyl sites for hydroxylation is 2. The van der Waals surface area contributed by atoms with Crippen molar-refractivity contribution >= 4 is 5.91 Å². The normalized spacial score (nSPS) is 12.4. The minimum atomic E-state index is -0.0153. The molecule has 1 amide bonds. The topological polar surface area (TPSA) is 51.9 Å². The summed E-state index contributed by atoms with van der Waals surface area (Å²) in [5.41, 5.74) is 4.03. The van der Waals surface area contributed by atoms with Crippen LogP contribution in [0, 0.1) is 20.8 Å². The Morgan fingerprint density at radius 1 is 1.38 bits per heavy atom. The van der Waals surface area contributed by atoms with Gasteiger partial charge in [-0.25, -0.2) is 0 Å². The highest BCUT2D eigenvalue weighted by molar-refractivity contribution is 5.95. The summed E-state index contributed by atoms with van der Waals surface area (Å²) in [7, 11) is 0. The molecule has 1 unspecified atom stereocenters. The first-order valence-corrected chi connectivity index (χ1v) is 7.39. The van der Waals surface area contributed by atoms with E-state index in [0.717, 1.165) is 29.1 Å². The van der Waals surface area contributed by atoms with E-state index in [1.807, 2.05) is 50.8 Å². The van der Waals surface area contributed by atoms with Gasteiger partial charge in [-0.05, 0) is 46.2 Å². The Balaban J connectivity index is 2.02. The Labute approximate surface area is 126 Å². The highest BCUT2D eigenvalue weighted by atomic mass is 16.1. The van der Waals surface area contributed by atoms with Gasteiger partial charge in [0.05, 0.1) is 17.8 Å². The smallest absolute Gasteiger partial charge is 0.253 e. The molecule has 2 aromatic heterocycles. The fraction of sp³-hybridized carbons (Fsp3) is 0.500. The van der Waals surface area contributed by atoms with E-state index < -0.39 is 0 Å². The average molecular weight is 288 g/mol. The van der Waals surface area contributed by atoms with Gasteiger partial charge in [-0.2, -0.15) is 5.10 Å². The van der Waals surface area contributed by atoms with E-state index in [-0.39, 0.29) is 11.9 Å². The Morgan fingerprint density at radius 2 is 2.10 bits per heavy atom. The van der Waals surface area contributed by atoms with Crippen LogP contribution >= 0.6 is 0 Å². The SMILES string of the molecule is CCn1c(C)cc(C(=O)NCC(C)n2cc(C)cn2)c1C. The number of hydrogen-bond acceptors (Lipinski definition) is 2. The van der Waals surface area contributed by atoms with E-state index in [4.69, 9.17) is 0 Å². The van der Waals surface area contributed by atoms with E-state index in [1.54, 1.807) is 0 Å². The van der Waals surface area contributed by atoms with Gasteiger partial charge in [-0.3, -0.25) is 9.48 Å². The molecule has 5 nitrogen and oxygen atoms in total. The van der Waals surface area contributed by atoms with Gasteiger partial charge in [0.15, 0.2) is 0 Å². The molecule has 0 aliphatic rings. The van der Waals surface area contributed by atoms with Crippen molar-refractivity contribution in [1.29, 1.82) is 0 Å². The van der Waals surface area contributed by atoms with Crippen LogP contribution in [0.5, 0.6) is 0 Å². The number of carbonyl (C=O) groups excluding carboxylic acids is 1. The van der Waals surface area contributed by atoms with Crippen molar-refractivity contribution in [2.75, 3.05) is 6.54 Å². The molecule has 21 heavy (non-hydrogen) atoms. The second-order valence-electron chi connectivity index (χ2n) is 5.59. The van der Waals surface area contributed by atoms with Crippen LogP contribution in [0.1, 0.15) is 47.2 Å². The number of hydrogen-bond donors (Lipinski definition) is 1. The van der Waals surface area contributed by atoms with Gasteiger partial charge < -0.3 is 9.88 Å². The van der Waals surface area contributed by atoms with Gasteiger partial charge >= 0.3 is 0 Å². The molecule has 2 aromatic rings. The highest BCUT2D eigenvalue weighted by Gasteiger charge is 2.15. The monoisotopic (exact) mass is 288 g/mol. The lowest BCUT2D eigenvalue weighted by atomic mass is 10.2. The highest BCUT2D eigenvalue weighted by Crippen LogP contribution is 2.15. The third-order valence-electron chi connectivity index (χ3n) is 3.87. The maximum Gasteiger partial charge on any atom is 0.253 e.